The molecule has 1 heterocycles. The number of benzene rings is 3. The van der Waals surface area contributed by atoms with Crippen molar-refractivity contribution in [3.63, 3.8) is 0 Å². The van der Waals surface area contributed by atoms with Crippen molar-refractivity contribution < 1.29 is 9.90 Å². The molecule has 1 amide bonds. The van der Waals surface area contributed by atoms with Gasteiger partial charge in [0.25, 0.3) is 5.91 Å². The Bertz CT molecular complexity index is 1070. The molecule has 1 N–H and O–H groups in total. The van der Waals surface area contributed by atoms with E-state index in [1.165, 1.54) is 54.4 Å². The van der Waals surface area contributed by atoms with E-state index >= 15 is 0 Å². The minimum atomic E-state index is -1.13. The van der Waals surface area contributed by atoms with Gasteiger partial charge >= 0.3 is 0 Å². The van der Waals surface area contributed by atoms with Crippen LogP contribution in [0.15, 0.2) is 72.8 Å². The smallest absolute Gasteiger partial charge is 0.260 e. The van der Waals surface area contributed by atoms with Crippen molar-refractivity contribution in [1.82, 2.24) is 0 Å². The first kappa shape index (κ1) is 21.0. The van der Waals surface area contributed by atoms with E-state index in [0.717, 1.165) is 24.4 Å². The van der Waals surface area contributed by atoms with Crippen LogP contribution < -0.4 is 4.90 Å². The molecule has 3 nitrogen and oxygen atoms in total. The van der Waals surface area contributed by atoms with E-state index in [1.807, 2.05) is 18.2 Å². The second-order valence-electron chi connectivity index (χ2n) is 9.21. The first-order valence-electron chi connectivity index (χ1n) is 12.0. The quantitative estimate of drug-likeness (QED) is 0.524. The SMILES string of the molecule is O=C(C(O)c1ccccc1)N1CCCc2cc(-c3ccc(C4CCCCC4)cc3)ccc21. The Morgan fingerprint density at radius 2 is 1.56 bits per heavy atom. The van der Waals surface area contributed by atoms with Crippen LogP contribution >= 0.6 is 0 Å². The van der Waals surface area contributed by atoms with Gasteiger partial charge in [-0.25, -0.2) is 0 Å². The Kier molecular flexibility index (Phi) is 6.09. The fourth-order valence-corrected chi connectivity index (χ4v) is 5.31. The zero-order valence-electron chi connectivity index (χ0n) is 18.5. The molecule has 164 valence electrons. The molecule has 1 aliphatic heterocycles. The van der Waals surface area contributed by atoms with E-state index in [-0.39, 0.29) is 5.91 Å². The summed E-state index contributed by atoms with van der Waals surface area (Å²) in [5.74, 6) is 0.471. The molecule has 0 aromatic heterocycles. The molecule has 3 aromatic rings. The van der Waals surface area contributed by atoms with Crippen molar-refractivity contribution in [2.24, 2.45) is 0 Å². The highest BCUT2D eigenvalue weighted by atomic mass is 16.3. The van der Waals surface area contributed by atoms with Crippen molar-refractivity contribution in [3.8, 4) is 11.1 Å². The van der Waals surface area contributed by atoms with Crippen molar-refractivity contribution in [2.45, 2.75) is 57.0 Å². The average molecular weight is 426 g/mol. The summed E-state index contributed by atoms with van der Waals surface area (Å²) < 4.78 is 0. The second kappa shape index (κ2) is 9.30. The third kappa shape index (κ3) is 4.22. The minimum Gasteiger partial charge on any atom is -0.378 e. The topological polar surface area (TPSA) is 40.5 Å². The molecule has 5 rings (SSSR count). The maximum absolute atomic E-state index is 13.1. The van der Waals surface area contributed by atoms with E-state index in [4.69, 9.17) is 0 Å². The molecule has 1 atom stereocenters. The third-order valence-corrected chi connectivity index (χ3v) is 7.13. The minimum absolute atomic E-state index is 0.248. The number of hydrogen-bond acceptors (Lipinski definition) is 2. The summed E-state index contributed by atoms with van der Waals surface area (Å²) >= 11 is 0. The van der Waals surface area contributed by atoms with Gasteiger partial charge in [-0.1, -0.05) is 79.9 Å². The fourth-order valence-electron chi connectivity index (χ4n) is 5.31. The molecule has 0 saturated heterocycles. The molecule has 1 saturated carbocycles. The van der Waals surface area contributed by atoms with Gasteiger partial charge in [0.05, 0.1) is 0 Å². The van der Waals surface area contributed by atoms with Gasteiger partial charge in [0.15, 0.2) is 6.10 Å². The summed E-state index contributed by atoms with van der Waals surface area (Å²) in [7, 11) is 0. The predicted octanol–water partition coefficient (Wildman–Crippen LogP) is 6.41. The lowest BCUT2D eigenvalue weighted by molar-refractivity contribution is -0.127. The molecule has 0 bridgehead atoms. The largest absolute Gasteiger partial charge is 0.378 e. The lowest BCUT2D eigenvalue weighted by atomic mass is 9.83. The number of aliphatic hydroxyl groups excluding tert-OH is 1. The molecule has 1 fully saturated rings. The Morgan fingerprint density at radius 1 is 0.844 bits per heavy atom. The summed E-state index contributed by atoms with van der Waals surface area (Å²) in [6.45, 7) is 0.644. The van der Waals surface area contributed by atoms with Crippen molar-refractivity contribution in [2.75, 3.05) is 11.4 Å². The molecular weight excluding hydrogens is 394 g/mol. The molecule has 3 aromatic carbocycles. The average Bonchev–Trinajstić information content (AvgIpc) is 2.88. The van der Waals surface area contributed by atoms with Crippen molar-refractivity contribution >= 4 is 11.6 Å². The number of amides is 1. The number of fused-ring (bicyclic) bond motifs is 1. The van der Waals surface area contributed by atoms with E-state index < -0.39 is 6.10 Å². The molecular formula is C29H31NO2. The number of aryl methyl sites for hydroxylation is 1. The highest BCUT2D eigenvalue weighted by Crippen LogP contribution is 2.36. The highest BCUT2D eigenvalue weighted by molar-refractivity contribution is 5.98. The Labute approximate surface area is 190 Å². The van der Waals surface area contributed by atoms with Gasteiger partial charge < -0.3 is 10.0 Å². The summed E-state index contributed by atoms with van der Waals surface area (Å²) in [4.78, 5) is 14.8. The Morgan fingerprint density at radius 3 is 2.31 bits per heavy atom. The highest BCUT2D eigenvalue weighted by Gasteiger charge is 2.28. The van der Waals surface area contributed by atoms with Crippen molar-refractivity contribution in [1.29, 1.82) is 0 Å². The van der Waals surface area contributed by atoms with E-state index in [9.17, 15) is 9.90 Å². The first-order valence-corrected chi connectivity index (χ1v) is 12.0. The zero-order valence-corrected chi connectivity index (χ0v) is 18.5. The van der Waals surface area contributed by atoms with Gasteiger partial charge in [-0.05, 0) is 71.6 Å². The third-order valence-electron chi connectivity index (χ3n) is 7.13. The molecule has 0 radical (unpaired) electrons. The molecule has 32 heavy (non-hydrogen) atoms. The van der Waals surface area contributed by atoms with E-state index in [2.05, 4.69) is 42.5 Å². The van der Waals surface area contributed by atoms with Crippen LogP contribution in [0.2, 0.25) is 0 Å². The monoisotopic (exact) mass is 425 g/mol. The number of nitrogens with zero attached hydrogens (tertiary/aromatic N) is 1. The van der Waals surface area contributed by atoms with Crippen LogP contribution in [0, 0.1) is 0 Å². The van der Waals surface area contributed by atoms with Crippen LogP contribution in [-0.2, 0) is 11.2 Å². The molecule has 2 aliphatic rings. The van der Waals surface area contributed by atoms with Crippen LogP contribution in [0.5, 0.6) is 0 Å². The number of rotatable bonds is 4. The van der Waals surface area contributed by atoms with Crippen LogP contribution in [0.3, 0.4) is 0 Å². The number of carbonyl (C=O) groups is 1. The summed E-state index contributed by atoms with van der Waals surface area (Å²) in [5.41, 5.74) is 6.63. The van der Waals surface area contributed by atoms with Crippen LogP contribution in [0.25, 0.3) is 11.1 Å². The molecule has 3 heteroatoms. The van der Waals surface area contributed by atoms with Crippen molar-refractivity contribution in [3.05, 3.63) is 89.5 Å². The van der Waals surface area contributed by atoms with Gasteiger partial charge in [-0.15, -0.1) is 0 Å². The maximum atomic E-state index is 13.1. The molecule has 0 spiro atoms. The number of carbonyl (C=O) groups excluding carboxylic acids is 1. The Balaban J connectivity index is 1.36. The van der Waals surface area contributed by atoms with Gasteiger partial charge in [0, 0.05) is 12.2 Å². The summed E-state index contributed by atoms with van der Waals surface area (Å²) in [6, 6.07) is 24.7. The van der Waals surface area contributed by atoms with Gasteiger partial charge in [-0.3, -0.25) is 4.79 Å². The van der Waals surface area contributed by atoms with Crippen LogP contribution in [0.4, 0.5) is 5.69 Å². The van der Waals surface area contributed by atoms with Crippen LogP contribution in [-0.4, -0.2) is 17.6 Å². The first-order chi connectivity index (χ1) is 15.7. The van der Waals surface area contributed by atoms with E-state index in [1.54, 1.807) is 17.0 Å². The summed E-state index contributed by atoms with van der Waals surface area (Å²) in [5, 5.41) is 10.6. The second-order valence-corrected chi connectivity index (χ2v) is 9.21. The van der Waals surface area contributed by atoms with Crippen LogP contribution in [0.1, 0.15) is 67.2 Å². The Hall–Kier alpha value is -2.91. The summed E-state index contributed by atoms with van der Waals surface area (Å²) in [6.07, 6.45) is 7.45. The fraction of sp³-hybridized carbons (Fsp3) is 0.345. The van der Waals surface area contributed by atoms with Gasteiger partial charge in [0.2, 0.25) is 0 Å². The molecule has 1 aliphatic carbocycles. The maximum Gasteiger partial charge on any atom is 0.260 e. The van der Waals surface area contributed by atoms with Gasteiger partial charge in [0.1, 0.15) is 0 Å². The van der Waals surface area contributed by atoms with E-state index in [0.29, 0.717) is 12.1 Å². The lowest BCUT2D eigenvalue weighted by Gasteiger charge is -2.31. The van der Waals surface area contributed by atoms with Gasteiger partial charge in [-0.2, -0.15) is 0 Å². The normalized spacial score (nSPS) is 17.6. The number of anilines is 1. The number of aliphatic hydroxyl groups is 1. The predicted molar refractivity (Wildman–Crippen MR) is 130 cm³/mol. The zero-order chi connectivity index (χ0) is 21.9. The molecule has 1 unspecified atom stereocenters. The number of hydrogen-bond donors (Lipinski definition) is 1. The standard InChI is InChI=1S/C29H31NO2/c31-28(24-10-5-2-6-11-24)29(32)30-19-7-12-26-20-25(17-18-27(26)30)23-15-13-22(14-16-23)21-8-3-1-4-9-21/h2,5-6,10-11,13-18,20-21,28,31H,1,3-4,7-9,12,19H2. The lowest BCUT2D eigenvalue weighted by Crippen LogP contribution is -2.38.